The molecule has 2 aliphatic heterocycles. The van der Waals surface area contributed by atoms with Crippen molar-refractivity contribution < 1.29 is 14.7 Å². The minimum Gasteiger partial charge on any atom is -0.391 e. The Hall–Kier alpha value is -3.05. The van der Waals surface area contributed by atoms with E-state index < -0.39 is 23.6 Å². The van der Waals surface area contributed by atoms with Gasteiger partial charge in [-0.3, -0.25) is 14.5 Å². The number of hydrogen-bond acceptors (Lipinski definition) is 8. The Morgan fingerprint density at radius 2 is 1.90 bits per heavy atom. The van der Waals surface area contributed by atoms with Gasteiger partial charge in [0.25, 0.3) is 0 Å². The third kappa shape index (κ3) is 6.41. The molecule has 0 bridgehead atoms. The normalized spacial score (nSPS) is 24.0. The minimum absolute atomic E-state index is 0.0941. The molecule has 2 aromatic heterocycles. The molecule has 1 unspecified atom stereocenters. The van der Waals surface area contributed by atoms with E-state index in [1.807, 2.05) is 58.3 Å². The van der Waals surface area contributed by atoms with E-state index in [0.717, 1.165) is 57.1 Å². The molecule has 2 saturated heterocycles. The highest BCUT2D eigenvalue weighted by Gasteiger charge is 2.45. The second-order valence-electron chi connectivity index (χ2n) is 12.4. The van der Waals surface area contributed by atoms with Crippen molar-refractivity contribution in [2.24, 2.45) is 5.41 Å². The minimum atomic E-state index is -0.738. The molecule has 4 atom stereocenters. The van der Waals surface area contributed by atoms with E-state index in [2.05, 4.69) is 30.4 Å². The lowest BCUT2D eigenvalue weighted by molar-refractivity contribution is -0.144. The molecular weight excluding hydrogens is 496 g/mol. The van der Waals surface area contributed by atoms with Crippen molar-refractivity contribution in [3.8, 4) is 0 Å². The van der Waals surface area contributed by atoms with Crippen molar-refractivity contribution >= 4 is 17.6 Å². The van der Waals surface area contributed by atoms with E-state index in [0.29, 0.717) is 5.92 Å². The van der Waals surface area contributed by atoms with Crippen LogP contribution in [-0.4, -0.2) is 104 Å². The van der Waals surface area contributed by atoms with Crippen LogP contribution in [-0.2, 0) is 9.59 Å². The summed E-state index contributed by atoms with van der Waals surface area (Å²) in [4.78, 5) is 38.0. The van der Waals surface area contributed by atoms with E-state index >= 15 is 0 Å². The summed E-state index contributed by atoms with van der Waals surface area (Å²) in [6.07, 6.45) is 5.39. The number of pyridine rings is 1. The summed E-state index contributed by atoms with van der Waals surface area (Å²) in [7, 11) is 0. The predicted molar refractivity (Wildman–Crippen MR) is 147 cm³/mol. The molecular formula is C28H42N8O3. The maximum Gasteiger partial charge on any atom is 0.248 e. The van der Waals surface area contributed by atoms with Crippen molar-refractivity contribution in [2.75, 3.05) is 44.2 Å². The number of β-amino-alcohol motifs (C(OH)–C–C–N with tert-alkyl or cyclic N) is 1. The molecule has 3 fully saturated rings. The Morgan fingerprint density at radius 3 is 2.54 bits per heavy atom. The average molecular weight is 539 g/mol. The van der Waals surface area contributed by atoms with Gasteiger partial charge in [0.1, 0.15) is 17.9 Å². The fourth-order valence-electron chi connectivity index (χ4n) is 5.80. The second-order valence-corrected chi connectivity index (χ2v) is 12.4. The number of aliphatic hydroxyl groups is 1. The fourth-order valence-corrected chi connectivity index (χ4v) is 5.80. The summed E-state index contributed by atoms with van der Waals surface area (Å²) < 4.78 is 1.66. The number of nitrogens with zero attached hydrogens (tertiary/aromatic N) is 7. The Kier molecular flexibility index (Phi) is 7.91. The molecule has 2 N–H and O–H groups in total. The van der Waals surface area contributed by atoms with Crippen molar-refractivity contribution in [1.29, 1.82) is 0 Å². The van der Waals surface area contributed by atoms with E-state index in [1.54, 1.807) is 9.58 Å². The van der Waals surface area contributed by atoms with Gasteiger partial charge in [-0.15, -0.1) is 5.10 Å². The Bertz CT molecular complexity index is 1140. The van der Waals surface area contributed by atoms with Gasteiger partial charge in [-0.05, 0) is 37.3 Å². The molecule has 0 spiro atoms. The van der Waals surface area contributed by atoms with Crippen molar-refractivity contribution in [2.45, 2.75) is 77.1 Å². The van der Waals surface area contributed by atoms with Gasteiger partial charge in [0.15, 0.2) is 0 Å². The smallest absolute Gasteiger partial charge is 0.248 e. The Balaban J connectivity index is 1.19. The lowest BCUT2D eigenvalue weighted by Crippen LogP contribution is -2.54. The van der Waals surface area contributed by atoms with Gasteiger partial charge in [-0.1, -0.05) is 32.1 Å². The maximum absolute atomic E-state index is 13.9. The number of nitrogens with one attached hydrogen (secondary N) is 1. The highest BCUT2D eigenvalue weighted by molar-refractivity contribution is 5.90. The Labute approximate surface area is 230 Å². The molecule has 39 heavy (non-hydrogen) atoms. The second kappa shape index (κ2) is 11.2. The number of carbonyl (C=O) groups excluding carboxylic acids is 2. The van der Waals surface area contributed by atoms with E-state index in [4.69, 9.17) is 0 Å². The van der Waals surface area contributed by atoms with Crippen LogP contribution < -0.4 is 10.2 Å². The standard InChI is InChI=1S/C28H42N8O3/c1-19(16-33-11-13-34(14-12-33)24-7-5-6-10-29-24)30-26(38)23-15-21(37)17-35(23)27(39)25(28(2,3)4)36-18-22(31-32-36)20-8-9-20/h5-7,10,18-21,23,25,37H,8-9,11-17H2,1-4H3,(H,30,38)/t19?,21-,23+,25-/m1/s1. The fraction of sp³-hybridized carbons (Fsp3) is 0.679. The molecule has 212 valence electrons. The average Bonchev–Trinajstić information content (AvgIpc) is 3.50. The van der Waals surface area contributed by atoms with Crippen LogP contribution in [0.5, 0.6) is 0 Å². The summed E-state index contributed by atoms with van der Waals surface area (Å²) in [6.45, 7) is 12.4. The van der Waals surface area contributed by atoms with Crippen molar-refractivity contribution in [1.82, 2.24) is 35.1 Å². The van der Waals surface area contributed by atoms with Crippen molar-refractivity contribution in [3.63, 3.8) is 0 Å². The summed E-state index contributed by atoms with van der Waals surface area (Å²) in [5.74, 6) is 1.00. The lowest BCUT2D eigenvalue weighted by atomic mass is 9.85. The van der Waals surface area contributed by atoms with Crippen LogP contribution in [0.2, 0.25) is 0 Å². The quantitative estimate of drug-likeness (QED) is 0.518. The zero-order chi connectivity index (χ0) is 27.7. The van der Waals surface area contributed by atoms with Gasteiger partial charge in [0.2, 0.25) is 11.8 Å². The number of aromatic nitrogens is 4. The first-order chi connectivity index (χ1) is 18.6. The summed E-state index contributed by atoms with van der Waals surface area (Å²) in [6, 6.07) is 4.52. The molecule has 11 heteroatoms. The molecule has 2 amide bonds. The highest BCUT2D eigenvalue weighted by Crippen LogP contribution is 2.40. The summed E-state index contributed by atoms with van der Waals surface area (Å²) in [5, 5.41) is 22.2. The highest BCUT2D eigenvalue weighted by atomic mass is 16.3. The molecule has 0 aromatic carbocycles. The third-order valence-electron chi connectivity index (χ3n) is 7.97. The first kappa shape index (κ1) is 27.5. The molecule has 0 radical (unpaired) electrons. The van der Waals surface area contributed by atoms with Gasteiger partial charge in [-0.25, -0.2) is 9.67 Å². The van der Waals surface area contributed by atoms with Crippen LogP contribution in [0.25, 0.3) is 0 Å². The summed E-state index contributed by atoms with van der Waals surface area (Å²) >= 11 is 0. The van der Waals surface area contributed by atoms with Gasteiger partial charge >= 0.3 is 0 Å². The predicted octanol–water partition coefficient (Wildman–Crippen LogP) is 1.43. The monoisotopic (exact) mass is 538 g/mol. The van der Waals surface area contributed by atoms with Crippen LogP contribution in [0.15, 0.2) is 30.6 Å². The third-order valence-corrected chi connectivity index (χ3v) is 7.97. The lowest BCUT2D eigenvalue weighted by Gasteiger charge is -2.37. The molecule has 2 aromatic rings. The number of hydrogen-bond donors (Lipinski definition) is 2. The number of rotatable bonds is 8. The molecule has 11 nitrogen and oxygen atoms in total. The summed E-state index contributed by atoms with van der Waals surface area (Å²) in [5.41, 5.74) is 0.465. The molecule has 1 aliphatic carbocycles. The first-order valence-corrected chi connectivity index (χ1v) is 14.2. The molecule has 1 saturated carbocycles. The zero-order valence-corrected chi connectivity index (χ0v) is 23.5. The number of piperazine rings is 1. The number of amides is 2. The van der Waals surface area contributed by atoms with Crippen LogP contribution >= 0.6 is 0 Å². The largest absolute Gasteiger partial charge is 0.391 e. The molecule has 5 rings (SSSR count). The van der Waals surface area contributed by atoms with E-state index in [9.17, 15) is 14.7 Å². The number of carbonyl (C=O) groups is 2. The first-order valence-electron chi connectivity index (χ1n) is 14.2. The maximum atomic E-state index is 13.9. The SMILES string of the molecule is CC(CN1CCN(c2ccccn2)CC1)NC(=O)[C@@H]1C[C@@H](O)CN1C(=O)[C@@H](n1cc(C2CC2)nn1)C(C)(C)C. The number of likely N-dealkylation sites (tertiary alicyclic amines) is 1. The van der Waals surface area contributed by atoms with E-state index in [-0.39, 0.29) is 30.8 Å². The van der Waals surface area contributed by atoms with Crippen molar-refractivity contribution in [3.05, 3.63) is 36.3 Å². The topological polar surface area (TPSA) is 120 Å². The van der Waals surface area contributed by atoms with Crippen LogP contribution in [0.1, 0.15) is 64.6 Å². The van der Waals surface area contributed by atoms with E-state index in [1.165, 1.54) is 0 Å². The van der Waals surface area contributed by atoms with Gasteiger partial charge in [0.05, 0.1) is 11.8 Å². The van der Waals surface area contributed by atoms with Crippen LogP contribution in [0.4, 0.5) is 5.82 Å². The zero-order valence-electron chi connectivity index (χ0n) is 23.5. The van der Waals surface area contributed by atoms with Crippen LogP contribution in [0.3, 0.4) is 0 Å². The number of aliphatic hydroxyl groups excluding tert-OH is 1. The number of anilines is 1. The Morgan fingerprint density at radius 1 is 1.15 bits per heavy atom. The molecule has 3 aliphatic rings. The van der Waals surface area contributed by atoms with Gasteiger partial charge in [-0.2, -0.15) is 0 Å². The van der Waals surface area contributed by atoms with Gasteiger partial charge < -0.3 is 20.2 Å². The van der Waals surface area contributed by atoms with Gasteiger partial charge in [0, 0.05) is 70.0 Å². The van der Waals surface area contributed by atoms with Crippen LogP contribution in [0, 0.1) is 5.41 Å². The molecule has 4 heterocycles.